The fraction of sp³-hybridized carbons (Fsp3) is 0.633. The number of rotatable bonds is 26. The first-order chi connectivity index (χ1) is 24.9. The number of carboxylic acid groups (broad SMARTS) is 3. The van der Waals surface area contributed by atoms with Gasteiger partial charge in [-0.2, -0.15) is 0 Å². The molecule has 5 atom stereocenters. The van der Waals surface area contributed by atoms with Crippen LogP contribution in [0.5, 0.6) is 0 Å². The topological polar surface area (TPSA) is 357 Å². The van der Waals surface area contributed by atoms with E-state index in [2.05, 4.69) is 36.9 Å². The molecule has 6 amide bonds. The summed E-state index contributed by atoms with van der Waals surface area (Å²) in [7, 11) is 0. The fourth-order valence-corrected chi connectivity index (χ4v) is 4.69. The number of alkyl halides is 1. The number of aromatic nitrogens is 3. The summed E-state index contributed by atoms with van der Waals surface area (Å²) in [6.07, 6.45) is -0.981. The van der Waals surface area contributed by atoms with Gasteiger partial charge >= 0.3 is 17.9 Å². The van der Waals surface area contributed by atoms with Crippen molar-refractivity contribution in [3.05, 3.63) is 11.9 Å². The number of nitrogens with zero attached hydrogens (tertiary/aromatic N) is 3. The van der Waals surface area contributed by atoms with Crippen LogP contribution in [0.1, 0.15) is 64.5 Å². The number of amides is 6. The van der Waals surface area contributed by atoms with Crippen LogP contribution >= 0.6 is 0 Å². The van der Waals surface area contributed by atoms with Crippen LogP contribution in [0.15, 0.2) is 6.20 Å². The van der Waals surface area contributed by atoms with Crippen LogP contribution in [0.4, 0.5) is 4.39 Å². The van der Waals surface area contributed by atoms with Crippen LogP contribution in [0.3, 0.4) is 0 Å². The van der Waals surface area contributed by atoms with Crippen molar-refractivity contribution in [1.29, 1.82) is 0 Å². The number of unbranched alkanes of at least 4 members (excludes halogenated alkanes) is 1. The number of aryl methyl sites for hydroxylation is 1. The van der Waals surface area contributed by atoms with E-state index in [-0.39, 0.29) is 18.5 Å². The van der Waals surface area contributed by atoms with Crippen molar-refractivity contribution in [2.45, 2.75) is 102 Å². The molecule has 1 rings (SSSR count). The molecule has 0 radical (unpaired) electrons. The monoisotopic (exact) mass is 757 g/mol. The van der Waals surface area contributed by atoms with E-state index < -0.39 is 128 Å². The lowest BCUT2D eigenvalue weighted by molar-refractivity contribution is -0.142. The molecule has 0 aromatic carbocycles. The van der Waals surface area contributed by atoms with Crippen molar-refractivity contribution in [2.75, 3.05) is 13.2 Å². The molecule has 0 bridgehead atoms. The van der Waals surface area contributed by atoms with E-state index in [9.17, 15) is 62.9 Å². The van der Waals surface area contributed by atoms with Crippen molar-refractivity contribution in [1.82, 2.24) is 41.6 Å². The van der Waals surface area contributed by atoms with Gasteiger partial charge in [-0.25, -0.2) is 4.68 Å². The number of carbonyl (C=O) groups is 9. The van der Waals surface area contributed by atoms with Gasteiger partial charge in [-0.1, -0.05) is 19.1 Å². The smallest absolute Gasteiger partial charge is 0.305 e. The second-order valence-corrected chi connectivity index (χ2v) is 12.2. The van der Waals surface area contributed by atoms with Crippen molar-refractivity contribution in [3.8, 4) is 0 Å². The molecule has 53 heavy (non-hydrogen) atoms. The minimum Gasteiger partial charge on any atom is -0.481 e. The number of aliphatic carboxylic acids is 3. The third-order valence-electron chi connectivity index (χ3n) is 7.42. The number of primary amides is 1. The summed E-state index contributed by atoms with van der Waals surface area (Å²) >= 11 is 0. The summed E-state index contributed by atoms with van der Waals surface area (Å²) in [6.45, 7) is 1.96. The third kappa shape index (κ3) is 17.4. The summed E-state index contributed by atoms with van der Waals surface area (Å²) in [5.41, 5.74) is 11.0. The lowest BCUT2D eigenvalue weighted by atomic mass is 10.0. The Balaban J connectivity index is 3.19. The highest BCUT2D eigenvalue weighted by atomic mass is 18.2. The van der Waals surface area contributed by atoms with E-state index in [4.69, 9.17) is 11.5 Å². The Morgan fingerprint density at radius 1 is 0.755 bits per heavy atom. The van der Waals surface area contributed by atoms with Gasteiger partial charge in [-0.3, -0.25) is 47.5 Å². The summed E-state index contributed by atoms with van der Waals surface area (Å²) in [5, 5.41) is 46.5. The van der Waals surface area contributed by atoms with Gasteiger partial charge in [0.05, 0.1) is 25.2 Å². The maximum absolute atomic E-state index is 13.4. The van der Waals surface area contributed by atoms with Crippen LogP contribution in [-0.4, -0.2) is 127 Å². The predicted octanol–water partition coefficient (Wildman–Crippen LogP) is -3.70. The van der Waals surface area contributed by atoms with Crippen LogP contribution in [0, 0.1) is 5.92 Å². The SMILES string of the molecule is CC(C)[C@H](NC(=O)[C@H](CCC(=O)O)NC(=O)[C@H](CC(=O)O)NC(=O)Cn1cc(CC[18F])nn1)C(=O)N[C@@H](CC(=O)O)C(=O)N[C@@H](CCCCN)C(N)=O. The van der Waals surface area contributed by atoms with Crippen LogP contribution < -0.4 is 38.1 Å². The maximum atomic E-state index is 13.4. The number of halogens is 1. The van der Waals surface area contributed by atoms with Crippen molar-refractivity contribution < 1.29 is 62.9 Å². The molecule has 0 aliphatic carbocycles. The van der Waals surface area contributed by atoms with Gasteiger partial charge in [0, 0.05) is 19.0 Å². The molecule has 23 heteroatoms. The van der Waals surface area contributed by atoms with E-state index in [0.29, 0.717) is 19.4 Å². The quantitative estimate of drug-likeness (QED) is 0.0407. The molecule has 0 aliphatic heterocycles. The second-order valence-electron chi connectivity index (χ2n) is 12.2. The molecular weight excluding hydrogens is 710 g/mol. The molecule has 1 aromatic rings. The Hall–Kier alpha value is -5.74. The van der Waals surface area contributed by atoms with Crippen molar-refractivity contribution in [2.24, 2.45) is 17.4 Å². The first-order valence-corrected chi connectivity index (χ1v) is 16.5. The Morgan fingerprint density at radius 2 is 1.30 bits per heavy atom. The van der Waals surface area contributed by atoms with E-state index >= 15 is 0 Å². The number of hydrogen-bond donors (Lipinski definition) is 10. The second kappa shape index (κ2) is 22.9. The van der Waals surface area contributed by atoms with E-state index in [1.54, 1.807) is 0 Å². The van der Waals surface area contributed by atoms with Crippen molar-refractivity contribution in [3.63, 3.8) is 0 Å². The lowest BCUT2D eigenvalue weighted by Crippen LogP contribution is -2.60. The van der Waals surface area contributed by atoms with Gasteiger partial charge in [-0.15, -0.1) is 5.10 Å². The van der Waals surface area contributed by atoms with Crippen molar-refractivity contribution >= 4 is 53.4 Å². The molecule has 1 heterocycles. The number of nitrogens with one attached hydrogen (secondary N) is 5. The molecule has 296 valence electrons. The highest BCUT2D eigenvalue weighted by Crippen LogP contribution is 2.09. The largest absolute Gasteiger partial charge is 0.481 e. The molecule has 0 fully saturated rings. The summed E-state index contributed by atoms with van der Waals surface area (Å²) in [4.78, 5) is 112. The third-order valence-corrected chi connectivity index (χ3v) is 7.42. The summed E-state index contributed by atoms with van der Waals surface area (Å²) in [6, 6.07) is -7.95. The van der Waals surface area contributed by atoms with Crippen LogP contribution in [0.2, 0.25) is 0 Å². The standard InChI is InChI=1S/C30H47FN10O12/c1-15(2)25(30(53)37-20(12-24(47)48)29(52)35-17(26(33)49)5-3-4-10-32)38-27(50)18(6-7-22(43)44)36-28(51)19(11-23(45)46)34-21(42)14-41-13-16(8-9-31)39-40-41/h13,15,17-20,25H,3-12,14,32H2,1-2H3,(H2,33,49)(H,34,42)(H,35,52)(H,36,51)(H,37,53)(H,38,50)(H,43,44)(H,45,46)(H,47,48)/t17-,18-,19-,20-,25-/m0/s1/i31-1. The minimum atomic E-state index is -1.78. The molecule has 22 nitrogen and oxygen atoms in total. The average molecular weight is 758 g/mol. The van der Waals surface area contributed by atoms with Gasteiger partial charge in [0.2, 0.25) is 35.4 Å². The Morgan fingerprint density at radius 3 is 1.81 bits per heavy atom. The molecule has 0 aliphatic rings. The van der Waals surface area contributed by atoms with Gasteiger partial charge in [0.25, 0.3) is 0 Å². The number of carboxylic acids is 3. The average Bonchev–Trinajstić information content (AvgIpc) is 3.49. The first kappa shape index (κ1) is 45.3. The summed E-state index contributed by atoms with van der Waals surface area (Å²) < 4.78 is 13.6. The molecule has 1 aromatic heterocycles. The number of carbonyl (C=O) groups excluding carboxylic acids is 6. The Kier molecular flexibility index (Phi) is 19.6. The summed E-state index contributed by atoms with van der Waals surface area (Å²) in [5.74, 6) is -11.4. The molecule has 0 spiro atoms. The molecule has 0 saturated heterocycles. The van der Waals surface area contributed by atoms with Gasteiger partial charge in [0.15, 0.2) is 0 Å². The van der Waals surface area contributed by atoms with Gasteiger partial charge in [-0.05, 0) is 38.1 Å². The zero-order chi connectivity index (χ0) is 40.2. The molecule has 0 unspecified atom stereocenters. The van der Waals surface area contributed by atoms with Gasteiger partial charge < -0.3 is 53.4 Å². The van der Waals surface area contributed by atoms with E-state index in [0.717, 1.165) is 4.68 Å². The van der Waals surface area contributed by atoms with Crippen LogP contribution in [0.25, 0.3) is 0 Å². The molecular formula is C30H47FN10O12. The van der Waals surface area contributed by atoms with E-state index in [1.807, 2.05) is 0 Å². The first-order valence-electron chi connectivity index (χ1n) is 16.5. The Labute approximate surface area is 302 Å². The zero-order valence-electron chi connectivity index (χ0n) is 29.2. The number of hydrogen-bond acceptors (Lipinski definition) is 12. The highest BCUT2D eigenvalue weighted by Gasteiger charge is 2.34. The van der Waals surface area contributed by atoms with Gasteiger partial charge in [0.1, 0.15) is 36.8 Å². The maximum Gasteiger partial charge on any atom is 0.305 e. The predicted molar refractivity (Wildman–Crippen MR) is 178 cm³/mol. The van der Waals surface area contributed by atoms with Crippen LogP contribution in [-0.2, 0) is 56.1 Å². The zero-order valence-corrected chi connectivity index (χ0v) is 29.2. The lowest BCUT2D eigenvalue weighted by Gasteiger charge is -2.28. The minimum absolute atomic E-state index is 0.0730. The van der Waals surface area contributed by atoms with E-state index in [1.165, 1.54) is 20.0 Å². The molecule has 0 saturated carbocycles. The Bertz CT molecular complexity index is 1470. The highest BCUT2D eigenvalue weighted by molar-refractivity contribution is 5.98. The number of nitrogens with two attached hydrogens (primary N) is 2. The normalized spacial score (nSPS) is 13.8. The fourth-order valence-electron chi connectivity index (χ4n) is 4.69. The molecule has 12 N–H and O–H groups in total.